The summed E-state index contributed by atoms with van der Waals surface area (Å²) in [4.78, 5) is 28.4. The third-order valence-electron chi connectivity index (χ3n) is 4.15. The summed E-state index contributed by atoms with van der Waals surface area (Å²) in [5, 5.41) is 7.23. The molecule has 2 aromatic carbocycles. The van der Waals surface area contributed by atoms with Crippen LogP contribution in [0.2, 0.25) is 0 Å². The molecule has 3 aromatic rings. The number of thiazole rings is 1. The van der Waals surface area contributed by atoms with Gasteiger partial charge in [0.25, 0.3) is 11.8 Å². The average Bonchev–Trinajstić information content (AvgIpc) is 3.22. The summed E-state index contributed by atoms with van der Waals surface area (Å²) in [6.07, 6.45) is -4.45. The van der Waals surface area contributed by atoms with Crippen molar-refractivity contribution in [3.05, 3.63) is 76.3 Å². The van der Waals surface area contributed by atoms with E-state index in [-0.39, 0.29) is 18.1 Å². The van der Waals surface area contributed by atoms with Crippen molar-refractivity contribution < 1.29 is 22.8 Å². The quantitative estimate of drug-likeness (QED) is 0.601. The molecule has 0 saturated heterocycles. The maximum atomic E-state index is 12.9. The van der Waals surface area contributed by atoms with Crippen LogP contribution in [0.15, 0.2) is 53.9 Å². The molecular formula is C21H18F3N3O2S. The predicted molar refractivity (Wildman–Crippen MR) is 108 cm³/mol. The van der Waals surface area contributed by atoms with Gasteiger partial charge in [-0.15, -0.1) is 11.3 Å². The zero-order valence-electron chi connectivity index (χ0n) is 15.9. The van der Waals surface area contributed by atoms with E-state index in [1.165, 1.54) is 17.5 Å². The predicted octanol–water partition coefficient (Wildman–Crippen LogP) is 4.51. The molecule has 3 rings (SSSR count). The lowest BCUT2D eigenvalue weighted by Gasteiger charge is -2.07. The minimum absolute atomic E-state index is 0.118. The van der Waals surface area contributed by atoms with Crippen molar-refractivity contribution in [2.75, 3.05) is 6.54 Å². The maximum Gasteiger partial charge on any atom is 0.416 e. The zero-order valence-corrected chi connectivity index (χ0v) is 16.7. The molecule has 0 saturated carbocycles. The van der Waals surface area contributed by atoms with E-state index in [2.05, 4.69) is 15.6 Å². The number of carbonyl (C=O) groups excluding carboxylic acids is 2. The first-order valence-electron chi connectivity index (χ1n) is 9.06. The van der Waals surface area contributed by atoms with Gasteiger partial charge >= 0.3 is 6.18 Å². The summed E-state index contributed by atoms with van der Waals surface area (Å²) >= 11 is 1.09. The second-order valence-electron chi connectivity index (χ2n) is 6.36. The summed E-state index contributed by atoms with van der Waals surface area (Å²) in [6.45, 7) is 2.52. The Kier molecular flexibility index (Phi) is 6.51. The molecule has 0 atom stereocenters. The maximum absolute atomic E-state index is 12.9. The summed E-state index contributed by atoms with van der Waals surface area (Å²) < 4.78 is 38.7. The molecule has 30 heavy (non-hydrogen) atoms. The van der Waals surface area contributed by atoms with Crippen LogP contribution in [0.5, 0.6) is 0 Å². The Bertz CT molecular complexity index is 1060. The molecule has 0 radical (unpaired) electrons. The second-order valence-corrected chi connectivity index (χ2v) is 7.22. The summed E-state index contributed by atoms with van der Waals surface area (Å²) in [7, 11) is 0. The Morgan fingerprint density at radius 1 is 1.03 bits per heavy atom. The normalized spacial score (nSPS) is 11.2. The lowest BCUT2D eigenvalue weighted by Crippen LogP contribution is -2.24. The van der Waals surface area contributed by atoms with E-state index in [1.807, 2.05) is 6.92 Å². The molecule has 156 valence electrons. The highest BCUT2D eigenvalue weighted by Crippen LogP contribution is 2.33. The number of rotatable bonds is 6. The molecular weight excluding hydrogens is 415 g/mol. The minimum atomic E-state index is -4.45. The standard InChI is InChI=1S/C21H18F3N3O2S/c1-2-25-18(28)14-6-3-5-13(9-14)11-26-19(29)17-12-30-20(27-17)15-7-4-8-16(10-15)21(22,23)24/h3-10,12H,2,11H2,1H3,(H,25,28)(H,26,29). The van der Waals surface area contributed by atoms with Gasteiger partial charge in [-0.05, 0) is 36.8 Å². The number of carbonyl (C=O) groups is 2. The lowest BCUT2D eigenvalue weighted by molar-refractivity contribution is -0.137. The van der Waals surface area contributed by atoms with E-state index in [4.69, 9.17) is 0 Å². The van der Waals surface area contributed by atoms with Crippen molar-refractivity contribution in [1.82, 2.24) is 15.6 Å². The van der Waals surface area contributed by atoms with Gasteiger partial charge in [-0.2, -0.15) is 13.2 Å². The van der Waals surface area contributed by atoms with Crippen molar-refractivity contribution in [3.8, 4) is 10.6 Å². The van der Waals surface area contributed by atoms with Crippen LogP contribution in [0.3, 0.4) is 0 Å². The van der Waals surface area contributed by atoms with Gasteiger partial charge in [0.2, 0.25) is 0 Å². The van der Waals surface area contributed by atoms with E-state index < -0.39 is 17.6 Å². The smallest absolute Gasteiger partial charge is 0.352 e. The number of amides is 2. The molecule has 5 nitrogen and oxygen atoms in total. The van der Waals surface area contributed by atoms with Gasteiger partial charge in [0.1, 0.15) is 10.7 Å². The van der Waals surface area contributed by atoms with E-state index in [0.29, 0.717) is 22.7 Å². The highest BCUT2D eigenvalue weighted by atomic mass is 32.1. The monoisotopic (exact) mass is 433 g/mol. The van der Waals surface area contributed by atoms with Crippen molar-refractivity contribution in [3.63, 3.8) is 0 Å². The number of hydrogen-bond acceptors (Lipinski definition) is 4. The first-order valence-corrected chi connectivity index (χ1v) is 9.94. The van der Waals surface area contributed by atoms with Gasteiger partial charge in [-0.25, -0.2) is 4.98 Å². The Balaban J connectivity index is 1.68. The Morgan fingerprint density at radius 2 is 1.80 bits per heavy atom. The fourth-order valence-electron chi connectivity index (χ4n) is 2.70. The van der Waals surface area contributed by atoms with Crippen LogP contribution in [0.1, 0.15) is 38.9 Å². The zero-order chi connectivity index (χ0) is 21.7. The number of nitrogens with one attached hydrogen (secondary N) is 2. The van der Waals surface area contributed by atoms with E-state index in [1.54, 1.807) is 24.3 Å². The first-order chi connectivity index (χ1) is 14.3. The average molecular weight is 433 g/mol. The van der Waals surface area contributed by atoms with Crippen molar-refractivity contribution in [2.24, 2.45) is 0 Å². The second kappa shape index (κ2) is 9.08. The minimum Gasteiger partial charge on any atom is -0.352 e. The number of hydrogen-bond donors (Lipinski definition) is 2. The highest BCUT2D eigenvalue weighted by molar-refractivity contribution is 7.13. The van der Waals surface area contributed by atoms with Crippen LogP contribution in [0.4, 0.5) is 13.2 Å². The molecule has 0 spiro atoms. The summed E-state index contributed by atoms with van der Waals surface area (Å²) in [6, 6.07) is 11.7. The SMILES string of the molecule is CCNC(=O)c1cccc(CNC(=O)c2csc(-c3cccc(C(F)(F)F)c3)n2)c1. The van der Waals surface area contributed by atoms with Gasteiger partial charge in [0.05, 0.1) is 5.56 Å². The number of nitrogens with zero attached hydrogens (tertiary/aromatic N) is 1. The molecule has 1 heterocycles. The first kappa shape index (κ1) is 21.5. The van der Waals surface area contributed by atoms with E-state index >= 15 is 0 Å². The largest absolute Gasteiger partial charge is 0.416 e. The molecule has 0 fully saturated rings. The number of aromatic nitrogens is 1. The van der Waals surface area contributed by atoms with Crippen LogP contribution >= 0.6 is 11.3 Å². The van der Waals surface area contributed by atoms with Crippen LogP contribution in [0, 0.1) is 0 Å². The van der Waals surface area contributed by atoms with Gasteiger partial charge in [-0.1, -0.05) is 24.3 Å². The third-order valence-corrected chi connectivity index (χ3v) is 5.04. The fourth-order valence-corrected chi connectivity index (χ4v) is 3.49. The van der Waals surface area contributed by atoms with Crippen molar-refractivity contribution in [1.29, 1.82) is 0 Å². The van der Waals surface area contributed by atoms with Crippen molar-refractivity contribution in [2.45, 2.75) is 19.6 Å². The van der Waals surface area contributed by atoms with Gasteiger partial charge in [0, 0.05) is 29.6 Å². The van der Waals surface area contributed by atoms with Gasteiger partial charge in [0.15, 0.2) is 0 Å². The van der Waals surface area contributed by atoms with Crippen LogP contribution in [0.25, 0.3) is 10.6 Å². The van der Waals surface area contributed by atoms with Crippen LogP contribution in [-0.2, 0) is 12.7 Å². The molecule has 0 unspecified atom stereocenters. The number of halogens is 3. The molecule has 0 bridgehead atoms. The summed E-state index contributed by atoms with van der Waals surface area (Å²) in [5.41, 5.74) is 0.869. The van der Waals surface area contributed by atoms with Gasteiger partial charge < -0.3 is 10.6 Å². The molecule has 2 amide bonds. The van der Waals surface area contributed by atoms with Crippen LogP contribution < -0.4 is 10.6 Å². The Morgan fingerprint density at radius 3 is 2.53 bits per heavy atom. The van der Waals surface area contributed by atoms with Crippen LogP contribution in [-0.4, -0.2) is 23.3 Å². The number of benzene rings is 2. The van der Waals surface area contributed by atoms with Gasteiger partial charge in [-0.3, -0.25) is 9.59 Å². The molecule has 2 N–H and O–H groups in total. The molecule has 0 aliphatic rings. The third kappa shape index (κ3) is 5.24. The van der Waals surface area contributed by atoms with E-state index in [0.717, 1.165) is 29.0 Å². The molecule has 0 aliphatic carbocycles. The number of alkyl halides is 3. The van der Waals surface area contributed by atoms with E-state index in [9.17, 15) is 22.8 Å². The highest BCUT2D eigenvalue weighted by Gasteiger charge is 2.30. The molecule has 9 heteroatoms. The fraction of sp³-hybridized carbons (Fsp3) is 0.190. The molecule has 1 aromatic heterocycles. The Labute approximate surface area is 175 Å². The van der Waals surface area contributed by atoms with Crippen molar-refractivity contribution >= 4 is 23.2 Å². The molecule has 0 aliphatic heterocycles. The Hall–Kier alpha value is -3.20. The lowest BCUT2D eigenvalue weighted by atomic mass is 10.1. The topological polar surface area (TPSA) is 71.1 Å². The summed E-state index contributed by atoms with van der Waals surface area (Å²) in [5.74, 6) is -0.649.